The number of rotatable bonds is 4. The fourth-order valence-corrected chi connectivity index (χ4v) is 2.05. The van der Waals surface area contributed by atoms with Crippen LogP contribution in [0.1, 0.15) is 31.5 Å². The summed E-state index contributed by atoms with van der Waals surface area (Å²) >= 11 is 0. The predicted molar refractivity (Wildman–Crippen MR) is 66.0 cm³/mol. The van der Waals surface area contributed by atoms with Gasteiger partial charge in [-0.25, -0.2) is 9.78 Å². The molecule has 1 aromatic rings. The predicted octanol–water partition coefficient (Wildman–Crippen LogP) is 1.93. The minimum atomic E-state index is -0.359. The van der Waals surface area contributed by atoms with Crippen LogP contribution in [-0.4, -0.2) is 23.6 Å². The van der Waals surface area contributed by atoms with Gasteiger partial charge in [-0.3, -0.25) is 0 Å². The Balaban J connectivity index is 2.01. The van der Waals surface area contributed by atoms with Crippen molar-refractivity contribution in [1.29, 1.82) is 0 Å². The Hall–Kier alpha value is -1.58. The van der Waals surface area contributed by atoms with Gasteiger partial charge in [-0.15, -0.1) is 0 Å². The summed E-state index contributed by atoms with van der Waals surface area (Å²) in [5.74, 6) is 0.515. The van der Waals surface area contributed by atoms with Crippen molar-refractivity contribution in [2.75, 3.05) is 11.9 Å². The molecular formula is C13H18N2O2. The van der Waals surface area contributed by atoms with Crippen LogP contribution < -0.4 is 5.32 Å². The number of fused-ring (bicyclic) bond motifs is 1. The number of nitrogens with one attached hydrogen (secondary N) is 1. The summed E-state index contributed by atoms with van der Waals surface area (Å²) in [6, 6.07) is 3.66. The van der Waals surface area contributed by atoms with E-state index in [0.29, 0.717) is 6.61 Å². The van der Waals surface area contributed by atoms with E-state index in [9.17, 15) is 4.79 Å². The summed E-state index contributed by atoms with van der Waals surface area (Å²) < 4.78 is 4.94. The average Bonchev–Trinajstić information content (AvgIpc) is 2.76. The molecule has 0 radical (unpaired) electrons. The molecule has 1 atom stereocenters. The zero-order valence-electron chi connectivity index (χ0n) is 10.3. The summed E-state index contributed by atoms with van der Waals surface area (Å²) in [6.07, 6.45) is 3.34. The van der Waals surface area contributed by atoms with Gasteiger partial charge in [0.2, 0.25) is 0 Å². The summed E-state index contributed by atoms with van der Waals surface area (Å²) in [5.41, 5.74) is 2.49. The molecule has 1 aliphatic rings. The fourth-order valence-electron chi connectivity index (χ4n) is 2.05. The van der Waals surface area contributed by atoms with E-state index in [1.807, 2.05) is 6.07 Å². The van der Waals surface area contributed by atoms with Crippen molar-refractivity contribution in [3.05, 3.63) is 23.4 Å². The Kier molecular flexibility index (Phi) is 3.61. The summed E-state index contributed by atoms with van der Waals surface area (Å²) in [6.45, 7) is 3.99. The van der Waals surface area contributed by atoms with Crippen molar-refractivity contribution < 1.29 is 9.53 Å². The Bertz CT molecular complexity index is 418. The highest BCUT2D eigenvalue weighted by Gasteiger charge is 2.16. The van der Waals surface area contributed by atoms with Gasteiger partial charge in [-0.1, -0.05) is 6.07 Å². The van der Waals surface area contributed by atoms with Crippen LogP contribution in [-0.2, 0) is 22.4 Å². The quantitative estimate of drug-likeness (QED) is 0.809. The number of anilines is 1. The van der Waals surface area contributed by atoms with Gasteiger partial charge in [0.25, 0.3) is 0 Å². The van der Waals surface area contributed by atoms with E-state index >= 15 is 0 Å². The number of carbonyl (C=O) groups is 1. The molecule has 0 fully saturated rings. The number of hydrogen-bond acceptors (Lipinski definition) is 4. The number of hydrogen-bond donors (Lipinski definition) is 1. The third kappa shape index (κ3) is 2.75. The van der Waals surface area contributed by atoms with Crippen LogP contribution in [0.25, 0.3) is 0 Å². The molecule has 0 amide bonds. The first-order valence-electron chi connectivity index (χ1n) is 6.12. The van der Waals surface area contributed by atoms with E-state index in [1.165, 1.54) is 12.0 Å². The van der Waals surface area contributed by atoms with Crippen molar-refractivity contribution >= 4 is 11.8 Å². The first-order valence-corrected chi connectivity index (χ1v) is 6.12. The molecule has 0 spiro atoms. The van der Waals surface area contributed by atoms with Gasteiger partial charge in [0, 0.05) is 5.69 Å². The number of aryl methyl sites for hydroxylation is 2. The maximum atomic E-state index is 11.5. The fraction of sp³-hybridized carbons (Fsp3) is 0.538. The minimum Gasteiger partial charge on any atom is -0.464 e. The number of aromatic nitrogens is 1. The molecule has 92 valence electrons. The monoisotopic (exact) mass is 234 g/mol. The second kappa shape index (κ2) is 5.17. The molecule has 0 bridgehead atoms. The van der Waals surface area contributed by atoms with Crippen LogP contribution >= 0.6 is 0 Å². The molecule has 1 aliphatic carbocycles. The third-order valence-electron chi connectivity index (χ3n) is 2.93. The topological polar surface area (TPSA) is 51.2 Å². The molecule has 0 aliphatic heterocycles. The number of pyridine rings is 1. The molecule has 0 aromatic carbocycles. The number of ether oxygens (including phenoxy) is 1. The van der Waals surface area contributed by atoms with Crippen LogP contribution in [0, 0.1) is 0 Å². The maximum Gasteiger partial charge on any atom is 0.328 e. The summed E-state index contributed by atoms with van der Waals surface area (Å²) in [7, 11) is 0. The first kappa shape index (κ1) is 11.9. The molecule has 1 aromatic heterocycles. The zero-order valence-corrected chi connectivity index (χ0v) is 10.3. The highest BCUT2D eigenvalue weighted by atomic mass is 16.5. The van der Waals surface area contributed by atoms with Gasteiger partial charge in [0.05, 0.1) is 6.61 Å². The maximum absolute atomic E-state index is 11.5. The van der Waals surface area contributed by atoms with Crippen molar-refractivity contribution in [2.24, 2.45) is 0 Å². The molecule has 1 N–H and O–H groups in total. The Morgan fingerprint density at radius 2 is 2.35 bits per heavy atom. The van der Waals surface area contributed by atoms with Gasteiger partial charge in [-0.05, 0) is 44.7 Å². The molecule has 0 saturated carbocycles. The van der Waals surface area contributed by atoms with Gasteiger partial charge < -0.3 is 10.1 Å². The van der Waals surface area contributed by atoms with Crippen molar-refractivity contribution in [2.45, 2.75) is 39.2 Å². The standard InChI is InChI=1S/C13H18N2O2/c1-3-17-13(16)9(2)14-12-8-7-10-5-4-6-11(10)15-12/h7-9H,3-6H2,1-2H3,(H,14,15). The molecular weight excluding hydrogens is 216 g/mol. The molecule has 1 heterocycles. The highest BCUT2D eigenvalue weighted by Crippen LogP contribution is 2.21. The van der Waals surface area contributed by atoms with Gasteiger partial charge in [0.1, 0.15) is 11.9 Å². The van der Waals surface area contributed by atoms with Gasteiger partial charge in [0.15, 0.2) is 0 Å². The number of carbonyl (C=O) groups excluding carboxylic acids is 1. The van der Waals surface area contributed by atoms with Crippen LogP contribution in [0.2, 0.25) is 0 Å². The lowest BCUT2D eigenvalue weighted by atomic mass is 10.2. The van der Waals surface area contributed by atoms with Crippen LogP contribution in [0.15, 0.2) is 12.1 Å². The highest BCUT2D eigenvalue weighted by molar-refractivity contribution is 5.78. The SMILES string of the molecule is CCOC(=O)C(C)Nc1ccc2c(n1)CCC2. The van der Waals surface area contributed by atoms with E-state index in [2.05, 4.69) is 16.4 Å². The number of esters is 1. The summed E-state index contributed by atoms with van der Waals surface area (Å²) in [5, 5.41) is 3.07. The lowest BCUT2D eigenvalue weighted by molar-refractivity contribution is -0.143. The van der Waals surface area contributed by atoms with Crippen LogP contribution in [0.3, 0.4) is 0 Å². The molecule has 1 unspecified atom stereocenters. The Morgan fingerprint density at radius 1 is 1.53 bits per heavy atom. The minimum absolute atomic E-state index is 0.241. The Labute approximate surface area is 101 Å². The lowest BCUT2D eigenvalue weighted by Gasteiger charge is -2.13. The molecule has 2 rings (SSSR count). The zero-order chi connectivity index (χ0) is 12.3. The van der Waals surface area contributed by atoms with E-state index in [1.54, 1.807) is 13.8 Å². The average molecular weight is 234 g/mol. The molecule has 0 saturated heterocycles. The van der Waals surface area contributed by atoms with E-state index < -0.39 is 0 Å². The molecule has 17 heavy (non-hydrogen) atoms. The third-order valence-corrected chi connectivity index (χ3v) is 2.93. The molecule has 4 heteroatoms. The largest absolute Gasteiger partial charge is 0.464 e. The lowest BCUT2D eigenvalue weighted by Crippen LogP contribution is -2.28. The smallest absolute Gasteiger partial charge is 0.328 e. The molecule has 4 nitrogen and oxygen atoms in total. The van der Waals surface area contributed by atoms with E-state index in [-0.39, 0.29) is 12.0 Å². The van der Waals surface area contributed by atoms with Gasteiger partial charge >= 0.3 is 5.97 Å². The van der Waals surface area contributed by atoms with Crippen molar-refractivity contribution in [3.63, 3.8) is 0 Å². The van der Waals surface area contributed by atoms with Crippen molar-refractivity contribution in [1.82, 2.24) is 4.98 Å². The normalized spacial score (nSPS) is 15.2. The summed E-state index contributed by atoms with van der Waals surface area (Å²) in [4.78, 5) is 16.0. The second-order valence-electron chi connectivity index (χ2n) is 4.27. The van der Waals surface area contributed by atoms with Gasteiger partial charge in [-0.2, -0.15) is 0 Å². The first-order chi connectivity index (χ1) is 8.20. The van der Waals surface area contributed by atoms with Crippen molar-refractivity contribution in [3.8, 4) is 0 Å². The van der Waals surface area contributed by atoms with E-state index in [0.717, 1.165) is 24.4 Å². The van der Waals surface area contributed by atoms with Crippen LogP contribution in [0.4, 0.5) is 5.82 Å². The number of nitrogens with zero attached hydrogens (tertiary/aromatic N) is 1. The van der Waals surface area contributed by atoms with Crippen LogP contribution in [0.5, 0.6) is 0 Å². The van der Waals surface area contributed by atoms with E-state index in [4.69, 9.17) is 4.74 Å². The second-order valence-corrected chi connectivity index (χ2v) is 4.27. The Morgan fingerprint density at radius 3 is 3.12 bits per heavy atom.